The van der Waals surface area contributed by atoms with E-state index in [-0.39, 0.29) is 10.8 Å². The largest absolute Gasteiger partial charge is 0.497 e. The number of benzene rings is 2. The highest BCUT2D eigenvalue weighted by Gasteiger charge is 2.26. The number of carbonyl (C=O) groups excluding carboxylic acids is 1. The molecular weight excluding hydrogens is 392 g/mol. The van der Waals surface area contributed by atoms with E-state index in [4.69, 9.17) is 9.47 Å². The van der Waals surface area contributed by atoms with Gasteiger partial charge in [0.15, 0.2) is 0 Å². The van der Waals surface area contributed by atoms with E-state index in [1.54, 1.807) is 18.1 Å². The highest BCUT2D eigenvalue weighted by atomic mass is 32.2. The first-order valence-corrected chi connectivity index (χ1v) is 11.0. The second-order valence-corrected chi connectivity index (χ2v) is 8.60. The van der Waals surface area contributed by atoms with E-state index in [2.05, 4.69) is 4.72 Å². The molecular formula is C21H26N2O5S. The van der Waals surface area contributed by atoms with Crippen molar-refractivity contribution in [3.63, 3.8) is 0 Å². The topological polar surface area (TPSA) is 84.9 Å². The molecule has 1 saturated heterocycles. The molecule has 1 aliphatic rings. The van der Waals surface area contributed by atoms with Gasteiger partial charge in [0.05, 0.1) is 24.8 Å². The summed E-state index contributed by atoms with van der Waals surface area (Å²) in [4.78, 5) is 13.8. The van der Waals surface area contributed by atoms with Crippen molar-refractivity contribution in [2.45, 2.75) is 30.6 Å². The van der Waals surface area contributed by atoms with Crippen molar-refractivity contribution < 1.29 is 22.7 Å². The molecule has 0 aliphatic carbocycles. The third kappa shape index (κ3) is 5.07. The first-order chi connectivity index (χ1) is 13.9. The molecule has 8 heteroatoms. The summed E-state index contributed by atoms with van der Waals surface area (Å²) >= 11 is 0. The molecule has 1 fully saturated rings. The van der Waals surface area contributed by atoms with Crippen LogP contribution in [0.1, 0.15) is 24.8 Å². The average Bonchev–Trinajstić information content (AvgIpc) is 3.16. The van der Waals surface area contributed by atoms with Gasteiger partial charge in [-0.05, 0) is 55.2 Å². The molecule has 156 valence electrons. The maximum Gasteiger partial charge on any atom is 0.240 e. The minimum atomic E-state index is -3.68. The quantitative estimate of drug-likeness (QED) is 0.633. The smallest absolute Gasteiger partial charge is 0.240 e. The summed E-state index contributed by atoms with van der Waals surface area (Å²) in [5.74, 6) is 1.25. The van der Waals surface area contributed by atoms with Crippen LogP contribution in [-0.4, -0.2) is 41.6 Å². The van der Waals surface area contributed by atoms with Crippen LogP contribution in [0.2, 0.25) is 0 Å². The summed E-state index contributed by atoms with van der Waals surface area (Å²) in [6, 6.07) is 12.3. The third-order valence-corrected chi connectivity index (χ3v) is 6.38. The Kier molecular flexibility index (Phi) is 6.76. The predicted molar refractivity (Wildman–Crippen MR) is 111 cm³/mol. The molecule has 2 aromatic rings. The van der Waals surface area contributed by atoms with Crippen molar-refractivity contribution in [2.75, 3.05) is 32.2 Å². The highest BCUT2D eigenvalue weighted by molar-refractivity contribution is 7.89. The summed E-state index contributed by atoms with van der Waals surface area (Å²) < 4.78 is 38.5. The van der Waals surface area contributed by atoms with Crippen LogP contribution in [0, 0.1) is 0 Å². The maximum absolute atomic E-state index is 12.7. The number of methoxy groups -OCH3 is 2. The zero-order chi connectivity index (χ0) is 20.9. The van der Waals surface area contributed by atoms with Crippen LogP contribution < -0.4 is 19.1 Å². The van der Waals surface area contributed by atoms with E-state index in [0.29, 0.717) is 37.4 Å². The Balaban J connectivity index is 1.64. The second kappa shape index (κ2) is 9.28. The van der Waals surface area contributed by atoms with Gasteiger partial charge in [-0.2, -0.15) is 0 Å². The Bertz CT molecular complexity index is 958. The summed E-state index contributed by atoms with van der Waals surface area (Å²) in [6.45, 7) is 0.881. The SMILES string of the molecule is COc1ccc(CCCNS(=O)(=O)c2ccc(OC)c(N3CCCC3=O)c2)cc1. The lowest BCUT2D eigenvalue weighted by atomic mass is 10.1. The molecule has 1 aliphatic heterocycles. The number of amides is 1. The number of rotatable bonds is 9. The highest BCUT2D eigenvalue weighted by Crippen LogP contribution is 2.33. The summed E-state index contributed by atoms with van der Waals surface area (Å²) in [7, 11) is -0.559. The standard InChI is InChI=1S/C21H26N2O5S/c1-27-17-9-7-16(8-10-17)5-3-13-22-29(25,26)18-11-12-20(28-2)19(15-18)23-14-4-6-21(23)24/h7-12,15,22H,3-6,13-14H2,1-2H3. The van der Waals surface area contributed by atoms with Crippen molar-refractivity contribution in [1.82, 2.24) is 4.72 Å². The number of ether oxygens (including phenoxy) is 2. The normalized spacial score (nSPS) is 14.3. The minimum absolute atomic E-state index is 0.0229. The molecule has 1 N–H and O–H groups in total. The lowest BCUT2D eigenvalue weighted by molar-refractivity contribution is -0.117. The first kappa shape index (κ1) is 21.1. The maximum atomic E-state index is 12.7. The molecule has 0 aromatic heterocycles. The fourth-order valence-corrected chi connectivity index (χ4v) is 4.42. The summed E-state index contributed by atoms with van der Waals surface area (Å²) in [6.07, 6.45) is 2.63. The van der Waals surface area contributed by atoms with E-state index in [9.17, 15) is 13.2 Å². The van der Waals surface area contributed by atoms with Crippen LogP contribution in [0.15, 0.2) is 47.4 Å². The Morgan fingerprint density at radius 1 is 1.07 bits per heavy atom. The lowest BCUT2D eigenvalue weighted by Gasteiger charge is -2.20. The Morgan fingerprint density at radius 3 is 2.45 bits per heavy atom. The van der Waals surface area contributed by atoms with Gasteiger partial charge in [0.25, 0.3) is 0 Å². The number of aryl methyl sites for hydroxylation is 1. The number of hydrogen-bond donors (Lipinski definition) is 1. The number of carbonyl (C=O) groups is 1. The van der Waals surface area contributed by atoms with Crippen molar-refractivity contribution in [2.24, 2.45) is 0 Å². The molecule has 3 rings (SSSR count). The van der Waals surface area contributed by atoms with Gasteiger partial charge in [-0.1, -0.05) is 12.1 Å². The molecule has 0 atom stereocenters. The average molecular weight is 419 g/mol. The Morgan fingerprint density at radius 2 is 1.83 bits per heavy atom. The molecule has 0 radical (unpaired) electrons. The van der Waals surface area contributed by atoms with E-state index in [0.717, 1.165) is 24.2 Å². The fourth-order valence-electron chi connectivity index (χ4n) is 3.33. The van der Waals surface area contributed by atoms with Crippen molar-refractivity contribution >= 4 is 21.6 Å². The van der Waals surface area contributed by atoms with Crippen LogP contribution in [0.25, 0.3) is 0 Å². The Hall–Kier alpha value is -2.58. The molecule has 29 heavy (non-hydrogen) atoms. The zero-order valence-corrected chi connectivity index (χ0v) is 17.5. The third-order valence-electron chi connectivity index (χ3n) is 4.92. The van der Waals surface area contributed by atoms with Gasteiger partial charge in [0, 0.05) is 19.5 Å². The summed E-state index contributed by atoms with van der Waals surface area (Å²) in [5.41, 5.74) is 1.61. The van der Waals surface area contributed by atoms with E-state index >= 15 is 0 Å². The molecule has 1 heterocycles. The number of anilines is 1. The van der Waals surface area contributed by atoms with E-state index in [1.807, 2.05) is 24.3 Å². The van der Waals surface area contributed by atoms with Gasteiger partial charge >= 0.3 is 0 Å². The molecule has 0 spiro atoms. The zero-order valence-electron chi connectivity index (χ0n) is 16.7. The molecule has 1 amide bonds. The van der Waals surface area contributed by atoms with Crippen LogP contribution in [0.3, 0.4) is 0 Å². The van der Waals surface area contributed by atoms with Crippen LogP contribution in [0.5, 0.6) is 11.5 Å². The minimum Gasteiger partial charge on any atom is -0.497 e. The number of hydrogen-bond acceptors (Lipinski definition) is 5. The molecule has 7 nitrogen and oxygen atoms in total. The van der Waals surface area contributed by atoms with Crippen LogP contribution in [-0.2, 0) is 21.2 Å². The number of nitrogens with one attached hydrogen (secondary N) is 1. The Labute approximate surface area is 171 Å². The summed E-state index contributed by atoms with van der Waals surface area (Å²) in [5, 5.41) is 0. The van der Waals surface area contributed by atoms with Gasteiger partial charge in [0.1, 0.15) is 11.5 Å². The second-order valence-electron chi connectivity index (χ2n) is 6.83. The predicted octanol–water partition coefficient (Wildman–Crippen LogP) is 2.74. The molecule has 0 unspecified atom stereocenters. The van der Waals surface area contributed by atoms with Crippen molar-refractivity contribution in [1.29, 1.82) is 0 Å². The van der Waals surface area contributed by atoms with E-state index < -0.39 is 10.0 Å². The molecule has 0 saturated carbocycles. The van der Waals surface area contributed by atoms with Crippen LogP contribution >= 0.6 is 0 Å². The monoisotopic (exact) mass is 418 g/mol. The van der Waals surface area contributed by atoms with Gasteiger partial charge in [-0.25, -0.2) is 13.1 Å². The lowest BCUT2D eigenvalue weighted by Crippen LogP contribution is -2.27. The first-order valence-electron chi connectivity index (χ1n) is 9.55. The molecule has 0 bridgehead atoms. The van der Waals surface area contributed by atoms with Gasteiger partial charge in [0.2, 0.25) is 15.9 Å². The van der Waals surface area contributed by atoms with Crippen molar-refractivity contribution in [3.8, 4) is 11.5 Å². The molecule has 2 aromatic carbocycles. The number of nitrogens with zero attached hydrogens (tertiary/aromatic N) is 1. The van der Waals surface area contributed by atoms with Crippen molar-refractivity contribution in [3.05, 3.63) is 48.0 Å². The van der Waals surface area contributed by atoms with Gasteiger partial charge < -0.3 is 14.4 Å². The van der Waals surface area contributed by atoms with Crippen LogP contribution in [0.4, 0.5) is 5.69 Å². The fraction of sp³-hybridized carbons (Fsp3) is 0.381. The van der Waals surface area contributed by atoms with Gasteiger partial charge in [-0.3, -0.25) is 4.79 Å². The van der Waals surface area contributed by atoms with Gasteiger partial charge in [-0.15, -0.1) is 0 Å². The van der Waals surface area contributed by atoms with E-state index in [1.165, 1.54) is 19.2 Å². The number of sulfonamides is 1.